The SMILES string of the molecule is CNCc1cccc(NS(=O)(=O)c2cc(F)cc(F)c2)c1. The molecule has 0 saturated heterocycles. The van der Waals surface area contributed by atoms with Gasteiger partial charge in [-0.1, -0.05) is 12.1 Å². The average molecular weight is 312 g/mol. The zero-order valence-electron chi connectivity index (χ0n) is 11.2. The van der Waals surface area contributed by atoms with Crippen molar-refractivity contribution in [2.45, 2.75) is 11.4 Å². The molecule has 2 N–H and O–H groups in total. The van der Waals surface area contributed by atoms with Gasteiger partial charge < -0.3 is 5.32 Å². The Balaban J connectivity index is 2.30. The van der Waals surface area contributed by atoms with Gasteiger partial charge in [0.2, 0.25) is 0 Å². The van der Waals surface area contributed by atoms with Gasteiger partial charge in [-0.2, -0.15) is 0 Å². The zero-order valence-corrected chi connectivity index (χ0v) is 12.0. The Kier molecular flexibility index (Phi) is 4.54. The van der Waals surface area contributed by atoms with E-state index in [9.17, 15) is 17.2 Å². The van der Waals surface area contributed by atoms with Crippen molar-refractivity contribution in [1.29, 1.82) is 0 Å². The van der Waals surface area contributed by atoms with E-state index in [1.54, 1.807) is 25.2 Å². The predicted molar refractivity (Wildman–Crippen MR) is 76.4 cm³/mol. The van der Waals surface area contributed by atoms with E-state index in [4.69, 9.17) is 0 Å². The molecule has 0 aliphatic heterocycles. The van der Waals surface area contributed by atoms with Crippen molar-refractivity contribution < 1.29 is 17.2 Å². The van der Waals surface area contributed by atoms with Gasteiger partial charge in [0.25, 0.3) is 10.0 Å². The highest BCUT2D eigenvalue weighted by Gasteiger charge is 2.16. The van der Waals surface area contributed by atoms with Crippen LogP contribution in [-0.2, 0) is 16.6 Å². The van der Waals surface area contributed by atoms with Gasteiger partial charge in [0.1, 0.15) is 11.6 Å². The summed E-state index contributed by atoms with van der Waals surface area (Å²) in [6.45, 7) is 0.574. The molecule has 0 radical (unpaired) electrons. The van der Waals surface area contributed by atoms with Crippen LogP contribution in [0, 0.1) is 11.6 Å². The van der Waals surface area contributed by atoms with E-state index in [0.717, 1.165) is 17.7 Å². The molecule has 0 amide bonds. The summed E-state index contributed by atoms with van der Waals surface area (Å²) in [7, 11) is -2.27. The largest absolute Gasteiger partial charge is 0.316 e. The van der Waals surface area contributed by atoms with Crippen LogP contribution in [0.1, 0.15) is 5.56 Å². The fraction of sp³-hybridized carbons (Fsp3) is 0.143. The summed E-state index contributed by atoms with van der Waals surface area (Å²) in [6, 6.07) is 8.88. The van der Waals surface area contributed by atoms with Gasteiger partial charge in [0.05, 0.1) is 4.90 Å². The summed E-state index contributed by atoms with van der Waals surface area (Å²) in [5.41, 5.74) is 1.20. The van der Waals surface area contributed by atoms with Crippen molar-refractivity contribution in [2.24, 2.45) is 0 Å². The second-order valence-corrected chi connectivity index (χ2v) is 6.12. The molecular formula is C14H14F2N2O2S. The highest BCUT2D eigenvalue weighted by molar-refractivity contribution is 7.92. The Morgan fingerprint density at radius 2 is 1.71 bits per heavy atom. The first-order valence-electron chi connectivity index (χ1n) is 6.13. The van der Waals surface area contributed by atoms with E-state index in [1.807, 2.05) is 6.07 Å². The van der Waals surface area contributed by atoms with E-state index < -0.39 is 26.6 Å². The van der Waals surface area contributed by atoms with E-state index in [0.29, 0.717) is 18.3 Å². The van der Waals surface area contributed by atoms with Crippen molar-refractivity contribution in [2.75, 3.05) is 11.8 Å². The van der Waals surface area contributed by atoms with Crippen LogP contribution < -0.4 is 10.0 Å². The summed E-state index contributed by atoms with van der Waals surface area (Å²) in [4.78, 5) is -0.459. The lowest BCUT2D eigenvalue weighted by Gasteiger charge is -2.10. The lowest BCUT2D eigenvalue weighted by molar-refractivity contribution is 0.568. The van der Waals surface area contributed by atoms with Crippen LogP contribution in [0.3, 0.4) is 0 Å². The molecule has 0 unspecified atom stereocenters. The molecule has 0 atom stereocenters. The molecule has 4 nitrogen and oxygen atoms in total. The van der Waals surface area contributed by atoms with Crippen LogP contribution in [-0.4, -0.2) is 15.5 Å². The minimum absolute atomic E-state index is 0.326. The molecule has 0 aromatic heterocycles. The molecule has 0 heterocycles. The third kappa shape index (κ3) is 3.99. The third-order valence-corrected chi connectivity index (χ3v) is 4.07. The molecule has 0 spiro atoms. The van der Waals surface area contributed by atoms with Crippen LogP contribution in [0.2, 0.25) is 0 Å². The number of halogens is 2. The standard InChI is InChI=1S/C14H14F2N2O2S/c1-17-9-10-3-2-4-13(5-10)18-21(19,20)14-7-11(15)6-12(16)8-14/h2-8,17-18H,9H2,1H3. The molecule has 2 aromatic rings. The lowest BCUT2D eigenvalue weighted by Crippen LogP contribution is -2.14. The number of nitrogens with one attached hydrogen (secondary N) is 2. The van der Waals surface area contributed by atoms with Gasteiger partial charge in [-0.15, -0.1) is 0 Å². The monoisotopic (exact) mass is 312 g/mol. The number of anilines is 1. The quantitative estimate of drug-likeness (QED) is 0.892. The van der Waals surface area contributed by atoms with Crippen molar-refractivity contribution in [3.05, 3.63) is 59.7 Å². The summed E-state index contributed by atoms with van der Waals surface area (Å²) < 4.78 is 52.8. The lowest BCUT2D eigenvalue weighted by atomic mass is 10.2. The number of rotatable bonds is 5. The summed E-state index contributed by atoms with van der Waals surface area (Å²) >= 11 is 0. The van der Waals surface area contributed by atoms with Crippen molar-refractivity contribution in [3.8, 4) is 0 Å². The molecule has 0 bridgehead atoms. The first-order chi connectivity index (χ1) is 9.90. The van der Waals surface area contributed by atoms with Gasteiger partial charge in [-0.3, -0.25) is 4.72 Å². The van der Waals surface area contributed by atoms with Crippen LogP contribution >= 0.6 is 0 Å². The van der Waals surface area contributed by atoms with E-state index in [1.165, 1.54) is 0 Å². The second-order valence-electron chi connectivity index (χ2n) is 4.44. The minimum atomic E-state index is -4.04. The van der Waals surface area contributed by atoms with Crippen molar-refractivity contribution >= 4 is 15.7 Å². The summed E-state index contributed by atoms with van der Waals surface area (Å²) in [6.07, 6.45) is 0. The Morgan fingerprint density at radius 1 is 1.05 bits per heavy atom. The van der Waals surface area contributed by atoms with Crippen LogP contribution in [0.5, 0.6) is 0 Å². The van der Waals surface area contributed by atoms with Crippen molar-refractivity contribution in [1.82, 2.24) is 5.32 Å². The molecule has 0 aliphatic carbocycles. The van der Waals surface area contributed by atoms with Gasteiger partial charge in [-0.05, 0) is 36.9 Å². The molecule has 0 saturated carbocycles. The second kappa shape index (κ2) is 6.19. The van der Waals surface area contributed by atoms with Crippen LogP contribution in [0.4, 0.5) is 14.5 Å². The number of sulfonamides is 1. The molecule has 0 fully saturated rings. The Hall–Kier alpha value is -1.99. The van der Waals surface area contributed by atoms with Crippen LogP contribution in [0.25, 0.3) is 0 Å². The smallest absolute Gasteiger partial charge is 0.262 e. The molecule has 2 rings (SSSR count). The maximum Gasteiger partial charge on any atom is 0.262 e. The number of hydrogen-bond acceptors (Lipinski definition) is 3. The van der Waals surface area contributed by atoms with Gasteiger partial charge >= 0.3 is 0 Å². The normalized spacial score (nSPS) is 11.4. The van der Waals surface area contributed by atoms with E-state index in [-0.39, 0.29) is 0 Å². The average Bonchev–Trinajstić information content (AvgIpc) is 2.38. The van der Waals surface area contributed by atoms with Gasteiger partial charge in [-0.25, -0.2) is 17.2 Å². The first-order valence-corrected chi connectivity index (χ1v) is 7.61. The molecule has 0 aliphatic rings. The highest BCUT2D eigenvalue weighted by Crippen LogP contribution is 2.19. The maximum absolute atomic E-state index is 13.1. The number of benzene rings is 2. The maximum atomic E-state index is 13.1. The molecular weight excluding hydrogens is 298 g/mol. The fourth-order valence-corrected chi connectivity index (χ4v) is 2.94. The van der Waals surface area contributed by atoms with E-state index >= 15 is 0 Å². The van der Waals surface area contributed by atoms with Crippen LogP contribution in [0.15, 0.2) is 47.4 Å². The minimum Gasteiger partial charge on any atom is -0.316 e. The Bertz CT molecular complexity index is 728. The predicted octanol–water partition coefficient (Wildman–Crippen LogP) is 2.49. The molecule has 2 aromatic carbocycles. The Morgan fingerprint density at radius 3 is 2.33 bits per heavy atom. The molecule has 112 valence electrons. The fourth-order valence-electron chi connectivity index (χ4n) is 1.85. The third-order valence-electron chi connectivity index (χ3n) is 2.71. The van der Waals surface area contributed by atoms with E-state index in [2.05, 4.69) is 10.0 Å². The highest BCUT2D eigenvalue weighted by atomic mass is 32.2. The topological polar surface area (TPSA) is 58.2 Å². The summed E-state index contributed by atoms with van der Waals surface area (Å²) in [5.74, 6) is -1.89. The Labute approximate surface area is 121 Å². The van der Waals surface area contributed by atoms with Crippen molar-refractivity contribution in [3.63, 3.8) is 0 Å². The molecule has 7 heteroatoms. The zero-order chi connectivity index (χ0) is 15.5. The molecule has 21 heavy (non-hydrogen) atoms. The number of hydrogen-bond donors (Lipinski definition) is 2. The summed E-state index contributed by atoms with van der Waals surface area (Å²) in [5, 5.41) is 2.94. The van der Waals surface area contributed by atoms with Gasteiger partial charge in [0, 0.05) is 18.3 Å². The van der Waals surface area contributed by atoms with Gasteiger partial charge in [0.15, 0.2) is 0 Å². The first kappa shape index (κ1) is 15.4.